The molecule has 2 aliphatic rings. The molecule has 0 saturated carbocycles. The standard InChI is InChI=1S/C22H35N5/c1-3-12-26-15-10-20(11-16-26)25-22(23-4-2)24-18-19-8-7-9-21(17-19)27-13-5-6-14-27/h5-9,17,20H,3-4,10-16,18H2,1-2H3,(H2,23,24,25). The molecular weight excluding hydrogens is 334 g/mol. The number of hydrogen-bond donors (Lipinski definition) is 2. The van der Waals surface area contributed by atoms with Gasteiger partial charge in [0.05, 0.1) is 6.54 Å². The molecule has 1 aromatic carbocycles. The molecule has 0 aliphatic carbocycles. The highest BCUT2D eigenvalue weighted by atomic mass is 15.2. The second-order valence-electron chi connectivity index (χ2n) is 7.50. The second-order valence-corrected chi connectivity index (χ2v) is 7.50. The number of hydrogen-bond acceptors (Lipinski definition) is 3. The van der Waals surface area contributed by atoms with Crippen molar-refractivity contribution in [2.45, 2.75) is 45.7 Å². The maximum Gasteiger partial charge on any atom is 0.191 e. The lowest BCUT2D eigenvalue weighted by Gasteiger charge is -2.32. The summed E-state index contributed by atoms with van der Waals surface area (Å²) in [6, 6.07) is 9.29. The number of piperidine rings is 1. The monoisotopic (exact) mass is 369 g/mol. The van der Waals surface area contributed by atoms with Crippen molar-refractivity contribution in [3.63, 3.8) is 0 Å². The van der Waals surface area contributed by atoms with Gasteiger partial charge in [0.15, 0.2) is 5.96 Å². The van der Waals surface area contributed by atoms with Crippen LogP contribution < -0.4 is 15.5 Å². The number of benzene rings is 1. The molecule has 5 nitrogen and oxygen atoms in total. The van der Waals surface area contributed by atoms with Crippen LogP contribution in [0, 0.1) is 0 Å². The number of likely N-dealkylation sites (tertiary alicyclic amines) is 1. The quantitative estimate of drug-likeness (QED) is 0.441. The molecule has 1 fully saturated rings. The van der Waals surface area contributed by atoms with E-state index in [9.17, 15) is 0 Å². The van der Waals surface area contributed by atoms with E-state index in [1.54, 1.807) is 0 Å². The van der Waals surface area contributed by atoms with E-state index in [2.05, 4.69) is 70.7 Å². The van der Waals surface area contributed by atoms with Gasteiger partial charge in [-0.25, -0.2) is 4.99 Å². The van der Waals surface area contributed by atoms with Crippen LogP contribution in [0.25, 0.3) is 0 Å². The van der Waals surface area contributed by atoms with Crippen LogP contribution in [0.2, 0.25) is 0 Å². The van der Waals surface area contributed by atoms with Crippen molar-refractivity contribution >= 4 is 11.6 Å². The molecule has 0 aromatic heterocycles. The Balaban J connectivity index is 1.55. The lowest BCUT2D eigenvalue weighted by atomic mass is 10.1. The second kappa shape index (κ2) is 10.4. The molecule has 148 valence electrons. The highest BCUT2D eigenvalue weighted by Crippen LogP contribution is 2.19. The zero-order valence-electron chi connectivity index (χ0n) is 17.0. The summed E-state index contributed by atoms with van der Waals surface area (Å²) in [5.74, 6) is 0.944. The van der Waals surface area contributed by atoms with Crippen LogP contribution in [0.1, 0.15) is 38.7 Å². The molecule has 0 unspecified atom stereocenters. The predicted molar refractivity (Wildman–Crippen MR) is 115 cm³/mol. The number of aliphatic imine (C=N–C) groups is 1. The Bertz CT molecular complexity index is 623. The Hall–Kier alpha value is -2.01. The summed E-state index contributed by atoms with van der Waals surface area (Å²) in [6.07, 6.45) is 8.09. The van der Waals surface area contributed by atoms with Crippen LogP contribution in [-0.4, -0.2) is 56.2 Å². The summed E-state index contributed by atoms with van der Waals surface area (Å²) in [7, 11) is 0. The van der Waals surface area contributed by atoms with Gasteiger partial charge < -0.3 is 20.4 Å². The molecule has 2 N–H and O–H groups in total. The normalized spacial score (nSPS) is 18.9. The predicted octanol–water partition coefficient (Wildman–Crippen LogP) is 2.99. The van der Waals surface area contributed by atoms with E-state index in [1.807, 2.05) is 0 Å². The molecule has 1 aromatic rings. The van der Waals surface area contributed by atoms with Crippen LogP contribution in [0.15, 0.2) is 41.4 Å². The first-order valence-electron chi connectivity index (χ1n) is 10.5. The number of guanidine groups is 1. The Morgan fingerprint density at radius 2 is 1.93 bits per heavy atom. The highest BCUT2D eigenvalue weighted by molar-refractivity contribution is 5.80. The van der Waals surface area contributed by atoms with Gasteiger partial charge in [-0.15, -0.1) is 0 Å². The lowest BCUT2D eigenvalue weighted by molar-refractivity contribution is 0.206. The van der Waals surface area contributed by atoms with Crippen molar-refractivity contribution in [3.8, 4) is 0 Å². The third kappa shape index (κ3) is 5.99. The number of nitrogens with zero attached hydrogens (tertiary/aromatic N) is 3. The van der Waals surface area contributed by atoms with Gasteiger partial charge in [-0.2, -0.15) is 0 Å². The van der Waals surface area contributed by atoms with Gasteiger partial charge in [-0.05, 0) is 50.4 Å². The van der Waals surface area contributed by atoms with Crippen molar-refractivity contribution in [1.82, 2.24) is 15.5 Å². The van der Waals surface area contributed by atoms with Gasteiger partial charge in [0.1, 0.15) is 0 Å². The van der Waals surface area contributed by atoms with Crippen molar-refractivity contribution in [2.24, 2.45) is 4.99 Å². The molecule has 0 atom stereocenters. The first kappa shape index (κ1) is 19.7. The largest absolute Gasteiger partial charge is 0.364 e. The van der Waals surface area contributed by atoms with Crippen LogP contribution in [0.4, 0.5) is 5.69 Å². The van der Waals surface area contributed by atoms with Crippen LogP contribution in [-0.2, 0) is 6.54 Å². The fourth-order valence-corrected chi connectivity index (χ4v) is 3.84. The van der Waals surface area contributed by atoms with Gasteiger partial charge in [0, 0.05) is 44.5 Å². The van der Waals surface area contributed by atoms with Crippen molar-refractivity contribution < 1.29 is 0 Å². The van der Waals surface area contributed by atoms with Gasteiger partial charge >= 0.3 is 0 Å². The maximum absolute atomic E-state index is 4.85. The Labute approximate surface area is 164 Å². The van der Waals surface area contributed by atoms with E-state index in [-0.39, 0.29) is 0 Å². The Morgan fingerprint density at radius 3 is 2.63 bits per heavy atom. The molecule has 0 spiro atoms. The van der Waals surface area contributed by atoms with Crippen LogP contribution >= 0.6 is 0 Å². The fourth-order valence-electron chi connectivity index (χ4n) is 3.84. The minimum atomic E-state index is 0.526. The zero-order valence-corrected chi connectivity index (χ0v) is 17.0. The minimum Gasteiger partial charge on any atom is -0.364 e. The fraction of sp³-hybridized carbons (Fsp3) is 0.591. The summed E-state index contributed by atoms with van der Waals surface area (Å²) in [6.45, 7) is 11.6. The van der Waals surface area contributed by atoms with Gasteiger partial charge in [0.2, 0.25) is 0 Å². The molecule has 3 rings (SSSR count). The van der Waals surface area contributed by atoms with Crippen molar-refractivity contribution in [3.05, 3.63) is 42.0 Å². The highest BCUT2D eigenvalue weighted by Gasteiger charge is 2.19. The topological polar surface area (TPSA) is 42.9 Å². The minimum absolute atomic E-state index is 0.526. The van der Waals surface area contributed by atoms with E-state index in [1.165, 1.54) is 50.1 Å². The summed E-state index contributed by atoms with van der Waals surface area (Å²) < 4.78 is 0. The zero-order chi connectivity index (χ0) is 18.9. The Morgan fingerprint density at radius 1 is 1.15 bits per heavy atom. The molecule has 0 bridgehead atoms. The summed E-state index contributed by atoms with van der Waals surface area (Å²) in [5.41, 5.74) is 2.54. The van der Waals surface area contributed by atoms with Gasteiger partial charge in [-0.3, -0.25) is 0 Å². The van der Waals surface area contributed by atoms with Crippen LogP contribution in [0.5, 0.6) is 0 Å². The van der Waals surface area contributed by atoms with Crippen LogP contribution in [0.3, 0.4) is 0 Å². The van der Waals surface area contributed by atoms with E-state index in [4.69, 9.17) is 4.99 Å². The molecule has 2 aliphatic heterocycles. The van der Waals surface area contributed by atoms with E-state index < -0.39 is 0 Å². The van der Waals surface area contributed by atoms with E-state index >= 15 is 0 Å². The number of rotatable bonds is 7. The molecule has 5 heteroatoms. The molecule has 0 amide bonds. The third-order valence-electron chi connectivity index (χ3n) is 5.33. The third-order valence-corrected chi connectivity index (χ3v) is 5.33. The van der Waals surface area contributed by atoms with Gasteiger partial charge in [-0.1, -0.05) is 31.2 Å². The smallest absolute Gasteiger partial charge is 0.191 e. The molecule has 1 saturated heterocycles. The first-order valence-corrected chi connectivity index (χ1v) is 10.5. The van der Waals surface area contributed by atoms with E-state index in [0.29, 0.717) is 12.6 Å². The molecule has 2 heterocycles. The number of nitrogens with one attached hydrogen (secondary N) is 2. The van der Waals surface area contributed by atoms with Crippen molar-refractivity contribution in [1.29, 1.82) is 0 Å². The average molecular weight is 370 g/mol. The van der Waals surface area contributed by atoms with Gasteiger partial charge in [0.25, 0.3) is 0 Å². The SMILES string of the molecule is CCCN1CCC(NC(=NCc2cccc(N3CC=CC3)c2)NCC)CC1. The Kier molecular flexibility index (Phi) is 7.57. The van der Waals surface area contributed by atoms with Crippen molar-refractivity contribution in [2.75, 3.05) is 44.2 Å². The summed E-state index contributed by atoms with van der Waals surface area (Å²) in [4.78, 5) is 9.79. The maximum atomic E-state index is 4.85. The molecular formula is C22H35N5. The molecule has 27 heavy (non-hydrogen) atoms. The average Bonchev–Trinajstić information content (AvgIpc) is 3.23. The van der Waals surface area contributed by atoms with E-state index in [0.717, 1.165) is 25.6 Å². The molecule has 0 radical (unpaired) electrons. The lowest BCUT2D eigenvalue weighted by Crippen LogP contribution is -2.48. The number of anilines is 1. The first-order chi connectivity index (χ1) is 13.3. The summed E-state index contributed by atoms with van der Waals surface area (Å²) in [5, 5.41) is 7.06. The summed E-state index contributed by atoms with van der Waals surface area (Å²) >= 11 is 0.